The second kappa shape index (κ2) is 5.99. The van der Waals surface area contributed by atoms with E-state index < -0.39 is 0 Å². The summed E-state index contributed by atoms with van der Waals surface area (Å²) in [6.45, 7) is 9.15. The first-order chi connectivity index (χ1) is 7.79. The van der Waals surface area contributed by atoms with Crippen LogP contribution in [0.25, 0.3) is 0 Å². The molecule has 0 amide bonds. The second-order valence-electron chi connectivity index (χ2n) is 5.28. The molecule has 0 aliphatic carbocycles. The number of hydrogen-bond acceptors (Lipinski definition) is 3. The van der Waals surface area contributed by atoms with Crippen LogP contribution < -0.4 is 5.32 Å². The van der Waals surface area contributed by atoms with Crippen molar-refractivity contribution in [3.63, 3.8) is 0 Å². The lowest BCUT2D eigenvalue weighted by atomic mass is 10.1. The molecular weight excluding hydrogens is 200 g/mol. The van der Waals surface area contributed by atoms with E-state index in [4.69, 9.17) is 4.74 Å². The Bertz CT molecular complexity index is 204. The van der Waals surface area contributed by atoms with Crippen LogP contribution in [-0.4, -0.2) is 49.3 Å². The minimum absolute atomic E-state index is 0.544. The van der Waals surface area contributed by atoms with Gasteiger partial charge in [-0.2, -0.15) is 0 Å². The van der Waals surface area contributed by atoms with E-state index in [1.165, 1.54) is 38.8 Å². The van der Waals surface area contributed by atoms with Crippen LogP contribution in [0, 0.1) is 0 Å². The van der Waals surface area contributed by atoms with Gasteiger partial charge >= 0.3 is 0 Å². The molecule has 3 atom stereocenters. The third-order valence-corrected chi connectivity index (χ3v) is 4.04. The monoisotopic (exact) mass is 226 g/mol. The highest BCUT2D eigenvalue weighted by Gasteiger charge is 2.25. The van der Waals surface area contributed by atoms with Gasteiger partial charge in [-0.1, -0.05) is 6.92 Å². The minimum atomic E-state index is 0.544. The van der Waals surface area contributed by atoms with Gasteiger partial charge in [0.2, 0.25) is 0 Å². The van der Waals surface area contributed by atoms with E-state index in [1.807, 2.05) is 0 Å². The molecule has 0 bridgehead atoms. The number of piperazine rings is 1. The van der Waals surface area contributed by atoms with Gasteiger partial charge < -0.3 is 10.1 Å². The maximum atomic E-state index is 5.69. The molecule has 2 fully saturated rings. The van der Waals surface area contributed by atoms with Gasteiger partial charge in [0, 0.05) is 38.3 Å². The Hall–Kier alpha value is -0.120. The highest BCUT2D eigenvalue weighted by Crippen LogP contribution is 2.17. The van der Waals surface area contributed by atoms with Crippen LogP contribution in [0.3, 0.4) is 0 Å². The first-order valence-corrected chi connectivity index (χ1v) is 6.88. The first-order valence-electron chi connectivity index (χ1n) is 6.88. The van der Waals surface area contributed by atoms with Crippen molar-refractivity contribution in [2.75, 3.05) is 26.2 Å². The van der Waals surface area contributed by atoms with Crippen molar-refractivity contribution in [1.82, 2.24) is 10.2 Å². The van der Waals surface area contributed by atoms with Crippen LogP contribution in [0.2, 0.25) is 0 Å². The summed E-state index contributed by atoms with van der Waals surface area (Å²) < 4.78 is 5.69. The van der Waals surface area contributed by atoms with Crippen molar-refractivity contribution >= 4 is 0 Å². The molecule has 3 heteroatoms. The first kappa shape index (κ1) is 12.3. The molecule has 0 aromatic rings. The summed E-state index contributed by atoms with van der Waals surface area (Å²) in [4.78, 5) is 2.63. The summed E-state index contributed by atoms with van der Waals surface area (Å²) in [6, 6.07) is 1.38. The van der Waals surface area contributed by atoms with Crippen LogP contribution in [0.1, 0.15) is 39.5 Å². The zero-order valence-corrected chi connectivity index (χ0v) is 10.7. The molecule has 0 spiro atoms. The van der Waals surface area contributed by atoms with Gasteiger partial charge in [-0.3, -0.25) is 4.90 Å². The van der Waals surface area contributed by atoms with Crippen LogP contribution in [0.5, 0.6) is 0 Å². The number of nitrogens with zero attached hydrogens (tertiary/aromatic N) is 1. The molecule has 0 radical (unpaired) electrons. The van der Waals surface area contributed by atoms with E-state index in [0.717, 1.165) is 13.2 Å². The minimum Gasteiger partial charge on any atom is -0.378 e. The number of nitrogens with one attached hydrogen (secondary N) is 1. The average molecular weight is 226 g/mol. The van der Waals surface area contributed by atoms with Crippen molar-refractivity contribution in [3.8, 4) is 0 Å². The van der Waals surface area contributed by atoms with Gasteiger partial charge in [0.15, 0.2) is 0 Å². The van der Waals surface area contributed by atoms with E-state index in [0.29, 0.717) is 18.2 Å². The molecule has 3 nitrogen and oxygen atoms in total. The average Bonchev–Trinajstić information content (AvgIpc) is 2.81. The third kappa shape index (κ3) is 3.19. The lowest BCUT2D eigenvalue weighted by Crippen LogP contribution is -2.55. The van der Waals surface area contributed by atoms with Crippen molar-refractivity contribution in [2.24, 2.45) is 0 Å². The van der Waals surface area contributed by atoms with Gasteiger partial charge in [0.1, 0.15) is 0 Å². The normalized spacial score (nSPS) is 36.8. The Kier molecular flexibility index (Phi) is 4.62. The molecule has 16 heavy (non-hydrogen) atoms. The molecule has 0 saturated carbocycles. The summed E-state index contributed by atoms with van der Waals surface area (Å²) in [5, 5.41) is 3.60. The highest BCUT2D eigenvalue weighted by atomic mass is 16.5. The van der Waals surface area contributed by atoms with E-state index in [9.17, 15) is 0 Å². The summed E-state index contributed by atoms with van der Waals surface area (Å²) in [7, 11) is 0. The zero-order valence-electron chi connectivity index (χ0n) is 10.7. The predicted molar refractivity (Wildman–Crippen MR) is 66.7 cm³/mol. The molecule has 2 saturated heterocycles. The van der Waals surface area contributed by atoms with Crippen LogP contribution in [0.4, 0.5) is 0 Å². The summed E-state index contributed by atoms with van der Waals surface area (Å²) >= 11 is 0. The van der Waals surface area contributed by atoms with Gasteiger partial charge in [0.25, 0.3) is 0 Å². The highest BCUT2D eigenvalue weighted by molar-refractivity contribution is 4.83. The largest absolute Gasteiger partial charge is 0.378 e. The predicted octanol–water partition coefficient (Wildman–Crippen LogP) is 1.63. The fraction of sp³-hybridized carbons (Fsp3) is 1.00. The number of hydrogen-bond donors (Lipinski definition) is 1. The summed E-state index contributed by atoms with van der Waals surface area (Å²) in [5.41, 5.74) is 0. The van der Waals surface area contributed by atoms with Gasteiger partial charge in [0.05, 0.1) is 6.10 Å². The van der Waals surface area contributed by atoms with E-state index >= 15 is 0 Å². The number of rotatable bonds is 4. The molecule has 2 aliphatic heterocycles. The molecule has 0 aromatic heterocycles. The maximum Gasteiger partial charge on any atom is 0.0588 e. The standard InChI is InChI=1S/C13H26N2O/c1-3-12-10-15(11(2)9-14-12)7-6-13-5-4-8-16-13/h11-14H,3-10H2,1-2H3. The van der Waals surface area contributed by atoms with E-state index in [-0.39, 0.29) is 0 Å². The van der Waals surface area contributed by atoms with Gasteiger partial charge in [-0.25, -0.2) is 0 Å². The molecule has 3 unspecified atom stereocenters. The Morgan fingerprint density at radius 3 is 3.00 bits per heavy atom. The van der Waals surface area contributed by atoms with Crippen molar-refractivity contribution in [1.29, 1.82) is 0 Å². The van der Waals surface area contributed by atoms with Crippen LogP contribution in [-0.2, 0) is 4.74 Å². The van der Waals surface area contributed by atoms with E-state index in [2.05, 4.69) is 24.1 Å². The Balaban J connectivity index is 1.73. The van der Waals surface area contributed by atoms with Gasteiger partial charge in [-0.15, -0.1) is 0 Å². The maximum absolute atomic E-state index is 5.69. The Labute approximate surface area is 99.5 Å². The fourth-order valence-electron chi connectivity index (χ4n) is 2.76. The Morgan fingerprint density at radius 2 is 2.31 bits per heavy atom. The lowest BCUT2D eigenvalue weighted by molar-refractivity contribution is 0.0739. The third-order valence-electron chi connectivity index (χ3n) is 4.04. The fourth-order valence-corrected chi connectivity index (χ4v) is 2.76. The molecule has 2 heterocycles. The smallest absolute Gasteiger partial charge is 0.0588 e. The van der Waals surface area contributed by atoms with Crippen molar-refractivity contribution in [2.45, 2.75) is 57.7 Å². The molecule has 2 rings (SSSR count). The van der Waals surface area contributed by atoms with E-state index in [1.54, 1.807) is 0 Å². The van der Waals surface area contributed by atoms with Crippen molar-refractivity contribution < 1.29 is 4.74 Å². The lowest BCUT2D eigenvalue weighted by Gasteiger charge is -2.39. The number of ether oxygens (including phenoxy) is 1. The van der Waals surface area contributed by atoms with Crippen molar-refractivity contribution in [3.05, 3.63) is 0 Å². The van der Waals surface area contributed by atoms with Crippen LogP contribution in [0.15, 0.2) is 0 Å². The zero-order chi connectivity index (χ0) is 11.4. The topological polar surface area (TPSA) is 24.5 Å². The quantitative estimate of drug-likeness (QED) is 0.788. The summed E-state index contributed by atoms with van der Waals surface area (Å²) in [5.74, 6) is 0. The molecule has 0 aromatic carbocycles. The van der Waals surface area contributed by atoms with Gasteiger partial charge in [-0.05, 0) is 32.6 Å². The molecule has 1 N–H and O–H groups in total. The SMILES string of the molecule is CCC1CN(CCC2CCCO2)C(C)CN1. The molecule has 2 aliphatic rings. The molecular formula is C13H26N2O. The summed E-state index contributed by atoms with van der Waals surface area (Å²) in [6.07, 6.45) is 5.54. The Morgan fingerprint density at radius 1 is 1.44 bits per heavy atom. The second-order valence-corrected chi connectivity index (χ2v) is 5.28. The van der Waals surface area contributed by atoms with Crippen LogP contribution >= 0.6 is 0 Å². The molecule has 94 valence electrons.